The number of pyridine rings is 1. The zero-order valence-corrected chi connectivity index (χ0v) is 21.8. The first kappa shape index (κ1) is 22.5. The van der Waals surface area contributed by atoms with Crippen LogP contribution in [0.25, 0.3) is 0 Å². The van der Waals surface area contributed by atoms with Gasteiger partial charge >= 0.3 is 0 Å². The van der Waals surface area contributed by atoms with Crippen molar-refractivity contribution in [3.63, 3.8) is 0 Å². The van der Waals surface area contributed by atoms with Gasteiger partial charge in [-0.15, -0.1) is 0 Å². The first-order valence-corrected chi connectivity index (χ1v) is 13.5. The van der Waals surface area contributed by atoms with Gasteiger partial charge in [0.25, 0.3) is 0 Å². The number of aromatic nitrogens is 1. The molecule has 170 valence electrons. The number of likely N-dealkylation sites (tertiary alicyclic amines) is 1. The third kappa shape index (κ3) is 3.57. The van der Waals surface area contributed by atoms with Crippen LogP contribution in [0.3, 0.4) is 0 Å². The zero-order chi connectivity index (χ0) is 22.5. The Bertz CT molecular complexity index is 1040. The Morgan fingerprint density at radius 1 is 1.16 bits per heavy atom. The number of hydrogen-bond donors (Lipinski definition) is 1. The summed E-state index contributed by atoms with van der Waals surface area (Å²) in [5.74, 6) is 1.25. The van der Waals surface area contributed by atoms with Gasteiger partial charge in [0.1, 0.15) is 0 Å². The van der Waals surface area contributed by atoms with E-state index < -0.39 is 0 Å². The van der Waals surface area contributed by atoms with E-state index in [2.05, 4.69) is 57.0 Å². The number of carbonyl (C=O) groups excluding carboxylic acids is 1. The summed E-state index contributed by atoms with van der Waals surface area (Å²) in [6, 6.07) is 7.09. The highest BCUT2D eigenvalue weighted by Crippen LogP contribution is 2.69. The molecule has 2 N–H and O–H groups in total. The van der Waals surface area contributed by atoms with E-state index >= 15 is 0 Å². The van der Waals surface area contributed by atoms with Crippen LogP contribution in [0.2, 0.25) is 0 Å². The molecule has 32 heavy (non-hydrogen) atoms. The highest BCUT2D eigenvalue weighted by atomic mass is 79.9. The largest absolute Gasteiger partial charge is 0.343 e. The molecule has 5 rings (SSSR count). The summed E-state index contributed by atoms with van der Waals surface area (Å²) in [7, 11) is 0. The van der Waals surface area contributed by atoms with Gasteiger partial charge in [0.15, 0.2) is 0 Å². The smallest absolute Gasteiger partial charge is 0.223 e. The summed E-state index contributed by atoms with van der Waals surface area (Å²) in [6.45, 7) is 4.33. The standard InChI is InChI=1S/C26H31Br2N3O/c1-2-3-16-12-17-4-5-18-14-19(27)15-30-25(18)26(24(17)22(28)13-16)20-7-10-31(11-8-21(20)26)23(32)6-9-29/h12-15,20-21H,2-11,29H2,1H3. The van der Waals surface area contributed by atoms with Crippen LogP contribution < -0.4 is 5.73 Å². The number of fused-ring (bicyclic) bond motifs is 7. The minimum atomic E-state index is -0.0333. The van der Waals surface area contributed by atoms with E-state index in [1.54, 1.807) is 0 Å². The lowest BCUT2D eigenvalue weighted by Crippen LogP contribution is -2.35. The minimum Gasteiger partial charge on any atom is -0.343 e. The molecule has 1 saturated carbocycles. The van der Waals surface area contributed by atoms with Crippen molar-refractivity contribution >= 4 is 37.8 Å². The predicted octanol–water partition coefficient (Wildman–Crippen LogP) is 5.16. The lowest BCUT2D eigenvalue weighted by molar-refractivity contribution is -0.131. The van der Waals surface area contributed by atoms with Crippen molar-refractivity contribution in [1.82, 2.24) is 9.88 Å². The summed E-state index contributed by atoms with van der Waals surface area (Å²) in [6.07, 6.45) is 8.83. The van der Waals surface area contributed by atoms with Crippen LogP contribution >= 0.6 is 31.9 Å². The van der Waals surface area contributed by atoms with Gasteiger partial charge in [-0.3, -0.25) is 9.78 Å². The summed E-state index contributed by atoms with van der Waals surface area (Å²) in [4.78, 5) is 19.6. The second-order valence-corrected chi connectivity index (χ2v) is 11.4. The molecular formula is C26H31Br2N3O. The van der Waals surface area contributed by atoms with Crippen molar-refractivity contribution in [1.29, 1.82) is 0 Å². The SMILES string of the molecule is CCCc1cc(Br)c2c(c1)CCc1cc(Br)cnc1C21C2CCN(C(=O)CCN)CCC21. The molecule has 2 aliphatic carbocycles. The first-order valence-electron chi connectivity index (χ1n) is 11.9. The highest BCUT2D eigenvalue weighted by molar-refractivity contribution is 9.10. The molecule has 1 aromatic heterocycles. The average molecular weight is 561 g/mol. The van der Waals surface area contributed by atoms with E-state index in [4.69, 9.17) is 10.7 Å². The summed E-state index contributed by atoms with van der Waals surface area (Å²) < 4.78 is 2.31. The van der Waals surface area contributed by atoms with Crippen molar-refractivity contribution in [2.75, 3.05) is 19.6 Å². The van der Waals surface area contributed by atoms with Gasteiger partial charge in [0.05, 0.1) is 5.69 Å². The Morgan fingerprint density at radius 3 is 2.56 bits per heavy atom. The molecule has 2 heterocycles. The molecule has 3 aliphatic rings. The van der Waals surface area contributed by atoms with Crippen molar-refractivity contribution in [2.24, 2.45) is 17.6 Å². The average Bonchev–Trinajstić information content (AvgIpc) is 3.46. The zero-order valence-electron chi connectivity index (χ0n) is 18.7. The Labute approximate surface area is 207 Å². The lowest BCUT2D eigenvalue weighted by Gasteiger charge is -2.28. The molecule has 2 unspecified atom stereocenters. The molecule has 6 heteroatoms. The van der Waals surface area contributed by atoms with Crippen LogP contribution in [0, 0.1) is 11.8 Å². The molecule has 0 bridgehead atoms. The highest BCUT2D eigenvalue weighted by Gasteiger charge is 2.68. The molecule has 1 spiro atoms. The molecule has 0 radical (unpaired) electrons. The van der Waals surface area contributed by atoms with Crippen LogP contribution in [0.5, 0.6) is 0 Å². The summed E-state index contributed by atoms with van der Waals surface area (Å²) in [5.41, 5.74) is 12.7. The maximum Gasteiger partial charge on any atom is 0.223 e. The van der Waals surface area contributed by atoms with Crippen LogP contribution in [-0.2, 0) is 29.5 Å². The van der Waals surface area contributed by atoms with Crippen molar-refractivity contribution < 1.29 is 4.79 Å². The quantitative estimate of drug-likeness (QED) is 0.562. The van der Waals surface area contributed by atoms with E-state index in [0.717, 1.165) is 56.1 Å². The van der Waals surface area contributed by atoms with Crippen molar-refractivity contribution in [3.8, 4) is 0 Å². The summed E-state index contributed by atoms with van der Waals surface area (Å²) in [5, 5.41) is 0. The Kier molecular flexibility index (Phi) is 6.23. The number of amides is 1. The maximum atomic E-state index is 12.5. The molecule has 2 aromatic rings. The van der Waals surface area contributed by atoms with Crippen molar-refractivity contribution in [3.05, 3.63) is 61.3 Å². The van der Waals surface area contributed by atoms with E-state index in [0.29, 0.717) is 24.8 Å². The Balaban J connectivity index is 1.59. The molecule has 4 nitrogen and oxygen atoms in total. The molecule has 2 atom stereocenters. The van der Waals surface area contributed by atoms with Gasteiger partial charge in [0.2, 0.25) is 5.91 Å². The first-order chi connectivity index (χ1) is 15.5. The third-order valence-corrected chi connectivity index (χ3v) is 8.91. The molecular weight excluding hydrogens is 530 g/mol. The number of halogens is 2. The predicted molar refractivity (Wildman–Crippen MR) is 135 cm³/mol. The fourth-order valence-corrected chi connectivity index (χ4v) is 7.86. The van der Waals surface area contributed by atoms with Crippen LogP contribution in [-0.4, -0.2) is 35.4 Å². The lowest BCUT2D eigenvalue weighted by atomic mass is 9.82. The fraction of sp³-hybridized carbons (Fsp3) is 0.538. The summed E-state index contributed by atoms with van der Waals surface area (Å²) >= 11 is 7.67. The third-order valence-electron chi connectivity index (χ3n) is 7.85. The normalized spacial score (nSPS) is 26.1. The molecule has 1 amide bonds. The van der Waals surface area contributed by atoms with Gasteiger partial charge in [0, 0.05) is 46.6 Å². The van der Waals surface area contributed by atoms with Gasteiger partial charge in [-0.1, -0.05) is 35.3 Å². The van der Waals surface area contributed by atoms with E-state index in [1.807, 2.05) is 11.1 Å². The molecule has 1 saturated heterocycles. The van der Waals surface area contributed by atoms with Crippen LogP contribution in [0.15, 0.2) is 33.3 Å². The number of carbonyl (C=O) groups is 1. The van der Waals surface area contributed by atoms with Gasteiger partial charge in [-0.05, 0) is 94.3 Å². The van der Waals surface area contributed by atoms with E-state index in [-0.39, 0.29) is 11.3 Å². The number of rotatable bonds is 4. The van der Waals surface area contributed by atoms with Crippen LogP contribution in [0.1, 0.15) is 60.6 Å². The van der Waals surface area contributed by atoms with E-state index in [9.17, 15) is 4.79 Å². The number of hydrogen-bond acceptors (Lipinski definition) is 3. The van der Waals surface area contributed by atoms with Gasteiger partial charge < -0.3 is 10.6 Å². The van der Waals surface area contributed by atoms with Gasteiger partial charge in [-0.25, -0.2) is 0 Å². The van der Waals surface area contributed by atoms with Crippen LogP contribution in [0.4, 0.5) is 0 Å². The molecule has 2 fully saturated rings. The second kappa shape index (κ2) is 8.84. The Hall–Kier alpha value is -1.24. The maximum absolute atomic E-state index is 12.5. The number of nitrogens with two attached hydrogens (primary N) is 1. The number of benzene rings is 1. The fourth-order valence-electron chi connectivity index (χ4n) is 6.60. The van der Waals surface area contributed by atoms with Crippen molar-refractivity contribution in [2.45, 2.75) is 57.3 Å². The molecule has 1 aromatic carbocycles. The Morgan fingerprint density at radius 2 is 1.88 bits per heavy atom. The number of nitrogens with zero attached hydrogens (tertiary/aromatic N) is 2. The topological polar surface area (TPSA) is 59.2 Å². The second-order valence-electron chi connectivity index (χ2n) is 9.60. The monoisotopic (exact) mass is 559 g/mol. The number of aryl methyl sites for hydroxylation is 3. The van der Waals surface area contributed by atoms with Gasteiger partial charge in [-0.2, -0.15) is 0 Å². The molecule has 1 aliphatic heterocycles. The van der Waals surface area contributed by atoms with E-state index in [1.165, 1.54) is 32.4 Å². The minimum absolute atomic E-state index is 0.0333.